The summed E-state index contributed by atoms with van der Waals surface area (Å²) in [5, 5.41) is 8.88. The molecule has 5 nitrogen and oxygen atoms in total. The van der Waals surface area contributed by atoms with Crippen LogP contribution in [0.15, 0.2) is 47.5 Å². The number of anilines is 1. The highest BCUT2D eigenvalue weighted by Crippen LogP contribution is 2.17. The molecule has 0 aliphatic carbocycles. The Morgan fingerprint density at radius 3 is 2.58 bits per heavy atom. The summed E-state index contributed by atoms with van der Waals surface area (Å²) < 4.78 is 39.0. The van der Waals surface area contributed by atoms with Gasteiger partial charge in [0.15, 0.2) is 0 Å². The van der Waals surface area contributed by atoms with Crippen molar-refractivity contribution in [3.63, 3.8) is 0 Å². The van der Waals surface area contributed by atoms with Crippen molar-refractivity contribution in [1.29, 1.82) is 5.26 Å². The van der Waals surface area contributed by atoms with Crippen molar-refractivity contribution < 1.29 is 12.8 Å². The largest absolute Gasteiger partial charge is 0.264 e. The van der Waals surface area contributed by atoms with E-state index in [1.54, 1.807) is 12.1 Å². The molecule has 0 aliphatic rings. The molecule has 0 amide bonds. The molecule has 0 bridgehead atoms. The summed E-state index contributed by atoms with van der Waals surface area (Å²) in [5.41, 5.74) is 0.0251. The summed E-state index contributed by atoms with van der Waals surface area (Å²) in [4.78, 5) is 3.45. The SMILES string of the molecule is N#Cc1ccccc1S(=O)(=O)Nc1ccc(F)cn1. The molecule has 0 spiro atoms. The van der Waals surface area contributed by atoms with Gasteiger partial charge in [-0.3, -0.25) is 4.72 Å². The molecule has 1 N–H and O–H groups in total. The maximum absolute atomic E-state index is 12.7. The number of hydrogen-bond donors (Lipinski definition) is 1. The van der Waals surface area contributed by atoms with Crippen LogP contribution in [0, 0.1) is 17.1 Å². The molecule has 1 aromatic heterocycles. The summed E-state index contributed by atoms with van der Waals surface area (Å²) >= 11 is 0. The van der Waals surface area contributed by atoms with E-state index in [4.69, 9.17) is 5.26 Å². The van der Waals surface area contributed by atoms with Crippen molar-refractivity contribution >= 4 is 15.8 Å². The molecule has 7 heteroatoms. The molecule has 0 unspecified atom stereocenters. The number of benzene rings is 1. The van der Waals surface area contributed by atoms with Gasteiger partial charge in [-0.15, -0.1) is 0 Å². The van der Waals surface area contributed by atoms with Crippen molar-refractivity contribution in [2.45, 2.75) is 4.90 Å². The third-order valence-corrected chi connectivity index (χ3v) is 3.68. The van der Waals surface area contributed by atoms with Crippen LogP contribution in [-0.2, 0) is 10.0 Å². The number of nitrogens with zero attached hydrogens (tertiary/aromatic N) is 2. The van der Waals surface area contributed by atoms with Gasteiger partial charge in [0.25, 0.3) is 10.0 Å². The predicted molar refractivity (Wildman–Crippen MR) is 66.2 cm³/mol. The number of hydrogen-bond acceptors (Lipinski definition) is 4. The first kappa shape index (κ1) is 13.0. The lowest BCUT2D eigenvalue weighted by Crippen LogP contribution is -2.15. The van der Waals surface area contributed by atoms with E-state index in [-0.39, 0.29) is 16.3 Å². The van der Waals surface area contributed by atoms with E-state index >= 15 is 0 Å². The van der Waals surface area contributed by atoms with E-state index in [9.17, 15) is 12.8 Å². The van der Waals surface area contributed by atoms with Gasteiger partial charge in [0.1, 0.15) is 22.6 Å². The first-order valence-electron chi connectivity index (χ1n) is 5.16. The van der Waals surface area contributed by atoms with Crippen LogP contribution in [0.4, 0.5) is 10.2 Å². The molecule has 0 saturated carbocycles. The Hall–Kier alpha value is -2.46. The van der Waals surface area contributed by atoms with Gasteiger partial charge in [-0.25, -0.2) is 17.8 Å². The average molecular weight is 277 g/mol. The molecule has 0 saturated heterocycles. The third-order valence-electron chi connectivity index (χ3n) is 2.26. The van der Waals surface area contributed by atoms with Crippen molar-refractivity contribution in [1.82, 2.24) is 4.98 Å². The fraction of sp³-hybridized carbons (Fsp3) is 0. The monoisotopic (exact) mass is 277 g/mol. The van der Waals surface area contributed by atoms with Gasteiger partial charge in [-0.2, -0.15) is 5.26 Å². The minimum Gasteiger partial charge on any atom is -0.263 e. The number of sulfonamides is 1. The molecule has 1 heterocycles. The van der Waals surface area contributed by atoms with E-state index < -0.39 is 15.8 Å². The second-order valence-electron chi connectivity index (χ2n) is 3.58. The summed E-state index contributed by atoms with van der Waals surface area (Å²) in [6.45, 7) is 0. The summed E-state index contributed by atoms with van der Waals surface area (Å²) in [6.07, 6.45) is 0.897. The quantitative estimate of drug-likeness (QED) is 0.928. The van der Waals surface area contributed by atoms with Crippen LogP contribution in [0.25, 0.3) is 0 Å². The Balaban J connectivity index is 2.38. The molecule has 2 aromatic rings. The zero-order chi connectivity index (χ0) is 13.9. The number of rotatable bonds is 3. The second-order valence-corrected chi connectivity index (χ2v) is 5.23. The van der Waals surface area contributed by atoms with Crippen LogP contribution in [0.1, 0.15) is 5.56 Å². The van der Waals surface area contributed by atoms with Gasteiger partial charge < -0.3 is 0 Å². The average Bonchev–Trinajstić information content (AvgIpc) is 2.41. The Morgan fingerprint density at radius 2 is 1.95 bits per heavy atom. The number of pyridine rings is 1. The van der Waals surface area contributed by atoms with E-state index in [1.165, 1.54) is 24.3 Å². The van der Waals surface area contributed by atoms with Gasteiger partial charge in [0.05, 0.1) is 11.8 Å². The molecule has 0 fully saturated rings. The lowest BCUT2D eigenvalue weighted by molar-refractivity contribution is 0.600. The van der Waals surface area contributed by atoms with Crippen molar-refractivity contribution in [3.8, 4) is 6.07 Å². The summed E-state index contributed by atoms with van der Waals surface area (Å²) in [5.74, 6) is -0.588. The van der Waals surface area contributed by atoms with Crippen LogP contribution < -0.4 is 4.72 Å². The first-order valence-corrected chi connectivity index (χ1v) is 6.65. The van der Waals surface area contributed by atoms with Crippen LogP contribution in [0.2, 0.25) is 0 Å². The fourth-order valence-electron chi connectivity index (χ4n) is 1.42. The maximum atomic E-state index is 12.7. The van der Waals surface area contributed by atoms with E-state index in [0.29, 0.717) is 0 Å². The highest BCUT2D eigenvalue weighted by atomic mass is 32.2. The summed E-state index contributed by atoms with van der Waals surface area (Å²) in [6, 6.07) is 9.85. The maximum Gasteiger partial charge on any atom is 0.264 e. The number of halogens is 1. The van der Waals surface area contributed by atoms with Crippen LogP contribution in [-0.4, -0.2) is 13.4 Å². The normalized spacial score (nSPS) is 10.7. The number of nitriles is 1. The van der Waals surface area contributed by atoms with Crippen LogP contribution >= 0.6 is 0 Å². The third kappa shape index (κ3) is 2.86. The zero-order valence-corrected chi connectivity index (χ0v) is 10.4. The van der Waals surface area contributed by atoms with Gasteiger partial charge in [0.2, 0.25) is 0 Å². The molecule has 0 aliphatic heterocycles. The molecule has 96 valence electrons. The van der Waals surface area contributed by atoms with Crippen molar-refractivity contribution in [3.05, 3.63) is 54.0 Å². The second kappa shape index (κ2) is 5.04. The Bertz CT molecular complexity index is 736. The Kier molecular flexibility index (Phi) is 3.44. The Labute approximate surface area is 109 Å². The molecule has 1 aromatic carbocycles. The Morgan fingerprint density at radius 1 is 1.21 bits per heavy atom. The highest BCUT2D eigenvalue weighted by Gasteiger charge is 2.18. The highest BCUT2D eigenvalue weighted by molar-refractivity contribution is 7.92. The molecule has 0 radical (unpaired) electrons. The van der Waals surface area contributed by atoms with Crippen molar-refractivity contribution in [2.75, 3.05) is 4.72 Å². The number of aromatic nitrogens is 1. The minimum absolute atomic E-state index is 0.0193. The predicted octanol–water partition coefficient (Wildman–Crippen LogP) is 1.89. The van der Waals surface area contributed by atoms with E-state index in [2.05, 4.69) is 9.71 Å². The standard InChI is InChI=1S/C12H8FN3O2S/c13-10-5-6-12(15-8-10)16-19(17,18)11-4-2-1-3-9(11)7-14/h1-6,8H,(H,15,16). The lowest BCUT2D eigenvalue weighted by atomic mass is 10.2. The topological polar surface area (TPSA) is 82.8 Å². The van der Waals surface area contributed by atoms with Gasteiger partial charge in [-0.1, -0.05) is 12.1 Å². The molecule has 0 atom stereocenters. The van der Waals surface area contributed by atoms with Crippen LogP contribution in [0.3, 0.4) is 0 Å². The van der Waals surface area contributed by atoms with E-state index in [0.717, 1.165) is 12.3 Å². The smallest absolute Gasteiger partial charge is 0.263 e. The molecular weight excluding hydrogens is 269 g/mol. The molecular formula is C12H8FN3O2S. The van der Waals surface area contributed by atoms with Gasteiger partial charge >= 0.3 is 0 Å². The van der Waals surface area contributed by atoms with Gasteiger partial charge in [0, 0.05) is 0 Å². The number of nitrogens with one attached hydrogen (secondary N) is 1. The lowest BCUT2D eigenvalue weighted by Gasteiger charge is -2.08. The zero-order valence-electron chi connectivity index (χ0n) is 9.54. The van der Waals surface area contributed by atoms with E-state index in [1.807, 2.05) is 0 Å². The van der Waals surface area contributed by atoms with Crippen LogP contribution in [0.5, 0.6) is 0 Å². The summed E-state index contributed by atoms with van der Waals surface area (Å²) in [7, 11) is -3.93. The molecule has 2 rings (SSSR count). The first-order chi connectivity index (χ1) is 9.03. The van der Waals surface area contributed by atoms with Gasteiger partial charge in [-0.05, 0) is 24.3 Å². The molecule has 19 heavy (non-hydrogen) atoms. The van der Waals surface area contributed by atoms with Crippen molar-refractivity contribution in [2.24, 2.45) is 0 Å². The minimum atomic E-state index is -3.93. The fourth-order valence-corrected chi connectivity index (χ4v) is 2.59.